The van der Waals surface area contributed by atoms with Crippen LogP contribution in [0.4, 0.5) is 4.79 Å². The van der Waals surface area contributed by atoms with Gasteiger partial charge >= 0.3 is 6.09 Å². The molecule has 1 saturated heterocycles. The fourth-order valence-electron chi connectivity index (χ4n) is 3.70. The van der Waals surface area contributed by atoms with Crippen LogP contribution in [0, 0.1) is 5.41 Å². The summed E-state index contributed by atoms with van der Waals surface area (Å²) in [5.41, 5.74) is 0.313. The first-order chi connectivity index (χ1) is 12.9. The first kappa shape index (κ1) is 21.1. The smallest absolute Gasteiger partial charge is 0.410 e. The molecule has 1 spiro atoms. The molecule has 1 unspecified atom stereocenters. The molecule has 0 saturated carbocycles. The third-order valence-corrected chi connectivity index (χ3v) is 6.72. The van der Waals surface area contributed by atoms with Crippen molar-refractivity contribution in [3.8, 4) is 0 Å². The first-order valence-electron chi connectivity index (χ1n) is 9.91. The molecule has 1 aromatic rings. The number of carbonyl (C=O) groups is 1. The number of fused-ring (bicyclic) bond motifs is 1. The van der Waals surface area contributed by atoms with Crippen LogP contribution in [-0.4, -0.2) is 39.0 Å². The van der Waals surface area contributed by atoms with Gasteiger partial charge in [0.2, 0.25) is 0 Å². The van der Waals surface area contributed by atoms with Crippen LogP contribution in [0.3, 0.4) is 0 Å². The zero-order valence-electron chi connectivity index (χ0n) is 17.8. The lowest BCUT2D eigenvalue weighted by molar-refractivity contribution is 0.0179. The Morgan fingerprint density at radius 1 is 1.14 bits per heavy atom. The molecule has 1 amide bonds. The van der Waals surface area contributed by atoms with Gasteiger partial charge in [0, 0.05) is 23.7 Å². The lowest BCUT2D eigenvalue weighted by atomic mass is 9.77. The molecule has 1 heterocycles. The van der Waals surface area contributed by atoms with Gasteiger partial charge in [0.1, 0.15) is 10.3 Å². The Hall–Kier alpha value is -1.66. The van der Waals surface area contributed by atoms with Gasteiger partial charge in [0.05, 0.1) is 17.1 Å². The Bertz CT molecular complexity index is 859. The van der Waals surface area contributed by atoms with E-state index in [1.165, 1.54) is 5.22 Å². The Labute approximate surface area is 171 Å². The third-order valence-electron chi connectivity index (χ3n) is 5.22. The quantitative estimate of drug-likeness (QED) is 0.770. The lowest BCUT2D eigenvalue weighted by Gasteiger charge is -2.41. The number of nitrogens with zero attached hydrogens (tertiary/aromatic N) is 1. The van der Waals surface area contributed by atoms with Crippen LogP contribution in [0.25, 0.3) is 11.8 Å². The predicted octanol–water partition coefficient (Wildman–Crippen LogP) is 2.66. The van der Waals surface area contributed by atoms with Gasteiger partial charge in [0.15, 0.2) is 0 Å². The molecule has 1 fully saturated rings. The summed E-state index contributed by atoms with van der Waals surface area (Å²) in [6.45, 7) is 12.8. The standard InChI is InChI=1S/C22H32N2O3S/c1-20(2,3)27-19(25)24-13-11-22(12-14-24)15-16-9-7-8-10-17(16)18(22)23-28(26)21(4,5)6/h7-10,15,23H,11-14H2,1-6H3. The Morgan fingerprint density at radius 2 is 1.75 bits per heavy atom. The van der Waals surface area contributed by atoms with E-state index in [0.717, 1.165) is 23.8 Å². The first-order valence-corrected chi connectivity index (χ1v) is 11.1. The number of rotatable bonds is 2. The van der Waals surface area contributed by atoms with E-state index in [-0.39, 0.29) is 16.3 Å². The van der Waals surface area contributed by atoms with Crippen molar-refractivity contribution in [1.82, 2.24) is 9.62 Å². The van der Waals surface area contributed by atoms with Crippen LogP contribution < -0.4 is 15.2 Å². The van der Waals surface area contributed by atoms with Crippen LogP contribution in [-0.2, 0) is 16.1 Å². The second-order valence-electron chi connectivity index (χ2n) is 9.71. The number of ether oxygens (including phenoxy) is 1. The fraction of sp³-hybridized carbons (Fsp3) is 0.591. The molecule has 28 heavy (non-hydrogen) atoms. The molecule has 6 heteroatoms. The maximum absolute atomic E-state index is 12.9. The zero-order valence-corrected chi connectivity index (χ0v) is 18.6. The van der Waals surface area contributed by atoms with Crippen LogP contribution >= 0.6 is 0 Å². The maximum atomic E-state index is 12.9. The average Bonchev–Trinajstić information content (AvgIpc) is 2.86. The molecule has 154 valence electrons. The summed E-state index contributed by atoms with van der Waals surface area (Å²) in [7, 11) is 0. The SMILES string of the molecule is CC(C)(C)OC(=O)N1CCC2(C=c3ccccc3=C2N[S+]([O-])C(C)(C)C)CC1. The number of hydrogen-bond donors (Lipinski definition) is 1. The van der Waals surface area contributed by atoms with E-state index in [1.807, 2.05) is 53.7 Å². The van der Waals surface area contributed by atoms with Gasteiger partial charge in [-0.1, -0.05) is 30.3 Å². The van der Waals surface area contributed by atoms with Crippen molar-refractivity contribution in [2.45, 2.75) is 64.7 Å². The van der Waals surface area contributed by atoms with Gasteiger partial charge < -0.3 is 14.2 Å². The highest BCUT2D eigenvalue weighted by Gasteiger charge is 2.43. The van der Waals surface area contributed by atoms with Gasteiger partial charge in [-0.15, -0.1) is 0 Å². The highest BCUT2D eigenvalue weighted by atomic mass is 32.2. The largest absolute Gasteiger partial charge is 0.593 e. The summed E-state index contributed by atoms with van der Waals surface area (Å²) < 4.78 is 21.4. The van der Waals surface area contributed by atoms with Crippen molar-refractivity contribution in [1.29, 1.82) is 0 Å². The van der Waals surface area contributed by atoms with Gasteiger partial charge in [-0.3, -0.25) is 0 Å². The summed E-state index contributed by atoms with van der Waals surface area (Å²) in [5.74, 6) is 0. The number of likely N-dealkylation sites (tertiary alicyclic amines) is 1. The summed E-state index contributed by atoms with van der Waals surface area (Å²) in [6.07, 6.45) is 3.59. The van der Waals surface area contributed by atoms with Gasteiger partial charge in [-0.05, 0) is 59.6 Å². The van der Waals surface area contributed by atoms with Gasteiger partial charge in [0.25, 0.3) is 0 Å². The molecule has 2 aliphatic rings. The summed E-state index contributed by atoms with van der Waals surface area (Å²) in [5, 5.41) is 2.28. The van der Waals surface area contributed by atoms with E-state index in [1.54, 1.807) is 4.90 Å². The number of carbonyl (C=O) groups excluding carboxylic acids is 1. The van der Waals surface area contributed by atoms with E-state index in [4.69, 9.17) is 4.74 Å². The van der Waals surface area contributed by atoms with Gasteiger partial charge in [-0.2, -0.15) is 0 Å². The zero-order chi connectivity index (χ0) is 20.7. The summed E-state index contributed by atoms with van der Waals surface area (Å²) in [6, 6.07) is 8.24. The maximum Gasteiger partial charge on any atom is 0.410 e. The van der Waals surface area contributed by atoms with Crippen molar-refractivity contribution in [2.24, 2.45) is 5.41 Å². The van der Waals surface area contributed by atoms with Gasteiger partial charge in [-0.25, -0.2) is 9.52 Å². The molecule has 0 aromatic heterocycles. The van der Waals surface area contributed by atoms with Crippen LogP contribution in [0.5, 0.6) is 0 Å². The fourth-order valence-corrected chi connectivity index (χ4v) is 4.50. The number of hydrogen-bond acceptors (Lipinski definition) is 4. The van der Waals surface area contributed by atoms with Crippen molar-refractivity contribution >= 4 is 29.2 Å². The molecule has 0 bridgehead atoms. The molecular weight excluding hydrogens is 372 g/mol. The Morgan fingerprint density at radius 3 is 2.32 bits per heavy atom. The summed E-state index contributed by atoms with van der Waals surface area (Å²) in [4.78, 5) is 14.2. The van der Waals surface area contributed by atoms with E-state index >= 15 is 0 Å². The summed E-state index contributed by atoms with van der Waals surface area (Å²) >= 11 is -1.21. The monoisotopic (exact) mass is 404 g/mol. The van der Waals surface area contributed by atoms with E-state index in [2.05, 4.69) is 22.9 Å². The molecule has 1 N–H and O–H groups in total. The second-order valence-corrected chi connectivity index (χ2v) is 11.7. The number of piperidine rings is 1. The number of nitrogens with one attached hydrogen (secondary N) is 1. The Kier molecular flexibility index (Phi) is 5.49. The highest BCUT2D eigenvalue weighted by Crippen LogP contribution is 2.42. The predicted molar refractivity (Wildman–Crippen MR) is 114 cm³/mol. The van der Waals surface area contributed by atoms with Crippen molar-refractivity contribution < 1.29 is 14.1 Å². The van der Waals surface area contributed by atoms with Crippen molar-refractivity contribution in [3.05, 3.63) is 34.7 Å². The molecule has 3 rings (SSSR count). The van der Waals surface area contributed by atoms with Crippen LogP contribution in [0.2, 0.25) is 0 Å². The third kappa shape index (κ3) is 4.33. The molecule has 0 radical (unpaired) electrons. The second kappa shape index (κ2) is 7.30. The van der Waals surface area contributed by atoms with E-state index in [0.29, 0.717) is 13.1 Å². The minimum Gasteiger partial charge on any atom is -0.593 e. The average molecular weight is 405 g/mol. The minimum atomic E-state index is -1.21. The molecule has 1 aliphatic heterocycles. The normalized spacial score (nSPS) is 19.8. The lowest BCUT2D eigenvalue weighted by Crippen LogP contribution is -2.48. The van der Waals surface area contributed by atoms with Crippen LogP contribution in [0.1, 0.15) is 54.4 Å². The molecule has 1 atom stereocenters. The minimum absolute atomic E-state index is 0.219. The number of amides is 1. The molecular formula is C22H32N2O3S. The highest BCUT2D eigenvalue weighted by molar-refractivity contribution is 7.91. The van der Waals surface area contributed by atoms with E-state index in [9.17, 15) is 9.35 Å². The van der Waals surface area contributed by atoms with E-state index < -0.39 is 17.0 Å². The van der Waals surface area contributed by atoms with Crippen LogP contribution in [0.15, 0.2) is 24.3 Å². The van der Waals surface area contributed by atoms with Crippen molar-refractivity contribution in [3.63, 3.8) is 0 Å². The molecule has 5 nitrogen and oxygen atoms in total. The topological polar surface area (TPSA) is 64.6 Å². The molecule has 1 aliphatic carbocycles. The molecule has 1 aromatic carbocycles. The number of benzene rings is 1. The Balaban J connectivity index is 1.86. The van der Waals surface area contributed by atoms with Crippen molar-refractivity contribution in [2.75, 3.05) is 13.1 Å².